The normalized spacial score (nSPS) is 13.6. The molecule has 1 atom stereocenters. The summed E-state index contributed by atoms with van der Waals surface area (Å²) in [5.41, 5.74) is 5.73. The Morgan fingerprint density at radius 3 is 2.75 bits per heavy atom. The summed E-state index contributed by atoms with van der Waals surface area (Å²) in [5.74, 6) is -0.202. The Hall–Kier alpha value is -1.41. The highest BCUT2D eigenvalue weighted by Gasteiger charge is 2.23. The van der Waals surface area contributed by atoms with E-state index in [0.29, 0.717) is 12.1 Å². The summed E-state index contributed by atoms with van der Waals surface area (Å²) < 4.78 is 26.1. The van der Waals surface area contributed by atoms with Crippen molar-refractivity contribution in [2.24, 2.45) is 5.73 Å². The first-order valence-corrected chi connectivity index (χ1v) is 6.23. The Kier molecular flexibility index (Phi) is 3.66. The van der Waals surface area contributed by atoms with Gasteiger partial charge in [0, 0.05) is 0 Å². The van der Waals surface area contributed by atoms with E-state index in [-0.39, 0.29) is 10.7 Å². The molecule has 0 aliphatic heterocycles. The molecule has 0 saturated heterocycles. The number of aromatic nitrogens is 2. The van der Waals surface area contributed by atoms with Gasteiger partial charge in [-0.25, -0.2) is 13.1 Å². The third kappa shape index (κ3) is 2.58. The Labute approximate surface area is 94.0 Å². The van der Waals surface area contributed by atoms with E-state index in [4.69, 9.17) is 11.1 Å². The molecule has 0 amide bonds. The average Bonchev–Trinajstić information content (AvgIpc) is 2.61. The van der Waals surface area contributed by atoms with Gasteiger partial charge in [0.15, 0.2) is 0 Å². The standard InChI is InChI=1S/C8H15N5O2S/c1-3-6(8(9)10)13-16(14,15)7-4-11-12-5(7)2/h4,6,13H,3H2,1-2H3,(H3,9,10)(H,11,12). The van der Waals surface area contributed by atoms with Gasteiger partial charge in [0.05, 0.1) is 17.9 Å². The summed E-state index contributed by atoms with van der Waals surface area (Å²) in [6.45, 7) is 3.35. The van der Waals surface area contributed by atoms with Crippen LogP contribution in [0.25, 0.3) is 0 Å². The fourth-order valence-corrected chi connectivity index (χ4v) is 2.66. The molecule has 1 heterocycles. The van der Waals surface area contributed by atoms with Crippen molar-refractivity contribution in [2.45, 2.75) is 31.2 Å². The number of nitrogens with two attached hydrogens (primary N) is 1. The SMILES string of the molecule is CCC(NS(=O)(=O)c1cn[nH]c1C)C(=N)N. The fourth-order valence-electron chi connectivity index (χ4n) is 1.23. The van der Waals surface area contributed by atoms with Crippen LogP contribution in [-0.4, -0.2) is 30.5 Å². The van der Waals surface area contributed by atoms with Crippen molar-refractivity contribution in [3.05, 3.63) is 11.9 Å². The van der Waals surface area contributed by atoms with E-state index in [9.17, 15) is 8.42 Å². The number of nitrogens with zero attached hydrogens (tertiary/aromatic N) is 1. The average molecular weight is 245 g/mol. The lowest BCUT2D eigenvalue weighted by Crippen LogP contribution is -2.43. The third-order valence-corrected chi connectivity index (χ3v) is 3.74. The molecule has 1 unspecified atom stereocenters. The van der Waals surface area contributed by atoms with E-state index >= 15 is 0 Å². The second-order valence-electron chi connectivity index (χ2n) is 3.40. The first-order chi connectivity index (χ1) is 7.38. The van der Waals surface area contributed by atoms with Crippen LogP contribution < -0.4 is 10.5 Å². The summed E-state index contributed by atoms with van der Waals surface area (Å²) in [6, 6.07) is -0.681. The van der Waals surface area contributed by atoms with E-state index in [1.807, 2.05) is 0 Å². The topological polar surface area (TPSA) is 125 Å². The minimum Gasteiger partial charge on any atom is -0.386 e. The van der Waals surface area contributed by atoms with Gasteiger partial charge in [0.2, 0.25) is 10.0 Å². The van der Waals surface area contributed by atoms with Gasteiger partial charge >= 0.3 is 0 Å². The van der Waals surface area contributed by atoms with E-state index in [2.05, 4.69) is 14.9 Å². The Morgan fingerprint density at radius 2 is 2.38 bits per heavy atom. The number of sulfonamides is 1. The van der Waals surface area contributed by atoms with Crippen molar-refractivity contribution >= 4 is 15.9 Å². The second-order valence-corrected chi connectivity index (χ2v) is 5.08. The molecule has 0 aromatic carbocycles. The van der Waals surface area contributed by atoms with Gasteiger partial charge in [-0.1, -0.05) is 6.92 Å². The van der Waals surface area contributed by atoms with Gasteiger partial charge < -0.3 is 5.73 Å². The van der Waals surface area contributed by atoms with E-state index in [1.165, 1.54) is 6.20 Å². The van der Waals surface area contributed by atoms with Crippen LogP contribution >= 0.6 is 0 Å². The fraction of sp³-hybridized carbons (Fsp3) is 0.500. The van der Waals surface area contributed by atoms with Crippen molar-refractivity contribution in [1.82, 2.24) is 14.9 Å². The molecular weight excluding hydrogens is 230 g/mol. The lowest BCUT2D eigenvalue weighted by Gasteiger charge is -2.14. The summed E-state index contributed by atoms with van der Waals surface area (Å²) in [4.78, 5) is 0.0761. The number of nitrogens with one attached hydrogen (secondary N) is 3. The molecule has 0 saturated carbocycles. The molecule has 8 heteroatoms. The maximum Gasteiger partial charge on any atom is 0.244 e. The maximum absolute atomic E-state index is 11.9. The number of hydrogen-bond donors (Lipinski definition) is 4. The van der Waals surface area contributed by atoms with Gasteiger partial charge in [0.1, 0.15) is 10.7 Å². The summed E-state index contributed by atoms with van der Waals surface area (Å²) >= 11 is 0. The zero-order valence-electron chi connectivity index (χ0n) is 9.11. The van der Waals surface area contributed by atoms with Crippen molar-refractivity contribution in [2.75, 3.05) is 0 Å². The summed E-state index contributed by atoms with van der Waals surface area (Å²) in [5, 5.41) is 13.4. The lowest BCUT2D eigenvalue weighted by atomic mass is 10.2. The molecule has 16 heavy (non-hydrogen) atoms. The van der Waals surface area contributed by atoms with Crippen molar-refractivity contribution < 1.29 is 8.42 Å². The molecule has 7 nitrogen and oxygen atoms in total. The maximum atomic E-state index is 11.9. The molecule has 0 radical (unpaired) electrons. The quantitative estimate of drug-likeness (QED) is 0.420. The van der Waals surface area contributed by atoms with Crippen LogP contribution in [0.4, 0.5) is 0 Å². The molecule has 1 rings (SSSR count). The minimum atomic E-state index is -3.67. The number of aryl methyl sites for hydroxylation is 1. The molecule has 0 fully saturated rings. The smallest absolute Gasteiger partial charge is 0.244 e. The van der Waals surface area contributed by atoms with E-state index in [1.54, 1.807) is 13.8 Å². The van der Waals surface area contributed by atoms with Crippen molar-refractivity contribution in [3.63, 3.8) is 0 Å². The number of aromatic amines is 1. The van der Waals surface area contributed by atoms with Gasteiger partial charge in [0.25, 0.3) is 0 Å². The van der Waals surface area contributed by atoms with Crippen LogP contribution in [0, 0.1) is 12.3 Å². The molecule has 1 aromatic heterocycles. The van der Waals surface area contributed by atoms with Gasteiger partial charge in [-0.2, -0.15) is 5.10 Å². The largest absolute Gasteiger partial charge is 0.386 e. The molecule has 5 N–H and O–H groups in total. The van der Waals surface area contributed by atoms with E-state index in [0.717, 1.165) is 0 Å². The lowest BCUT2D eigenvalue weighted by molar-refractivity contribution is 0.570. The first-order valence-electron chi connectivity index (χ1n) is 4.74. The van der Waals surface area contributed by atoms with Crippen LogP contribution in [0.1, 0.15) is 19.0 Å². The molecule has 90 valence electrons. The zero-order chi connectivity index (χ0) is 12.3. The van der Waals surface area contributed by atoms with Crippen LogP contribution in [-0.2, 0) is 10.0 Å². The molecular formula is C8H15N5O2S. The van der Waals surface area contributed by atoms with Crippen LogP contribution in [0.5, 0.6) is 0 Å². The zero-order valence-corrected chi connectivity index (χ0v) is 9.93. The highest BCUT2D eigenvalue weighted by molar-refractivity contribution is 7.89. The predicted octanol–water partition coefficient (Wildman–Crippen LogP) is -0.289. The van der Waals surface area contributed by atoms with Crippen molar-refractivity contribution in [3.8, 4) is 0 Å². The summed E-state index contributed by atoms with van der Waals surface area (Å²) in [6.07, 6.45) is 1.65. The number of hydrogen-bond acceptors (Lipinski definition) is 4. The van der Waals surface area contributed by atoms with Gasteiger partial charge in [-0.05, 0) is 13.3 Å². The van der Waals surface area contributed by atoms with Gasteiger partial charge in [-0.3, -0.25) is 10.5 Å². The monoisotopic (exact) mass is 245 g/mol. The molecule has 0 aliphatic carbocycles. The number of H-pyrrole nitrogens is 1. The number of amidine groups is 1. The highest BCUT2D eigenvalue weighted by Crippen LogP contribution is 2.11. The minimum absolute atomic E-state index is 0.0761. The Balaban J connectivity index is 2.97. The first kappa shape index (κ1) is 12.7. The number of rotatable bonds is 5. The predicted molar refractivity (Wildman–Crippen MR) is 59.6 cm³/mol. The summed E-state index contributed by atoms with van der Waals surface area (Å²) in [7, 11) is -3.67. The van der Waals surface area contributed by atoms with E-state index < -0.39 is 16.1 Å². The Morgan fingerprint density at radius 1 is 1.75 bits per heavy atom. The Bertz CT molecular complexity index is 478. The van der Waals surface area contributed by atoms with Crippen LogP contribution in [0.15, 0.2) is 11.1 Å². The highest BCUT2D eigenvalue weighted by atomic mass is 32.2. The van der Waals surface area contributed by atoms with Crippen LogP contribution in [0.3, 0.4) is 0 Å². The molecule has 1 aromatic rings. The third-order valence-electron chi connectivity index (χ3n) is 2.15. The molecule has 0 spiro atoms. The molecule has 0 bridgehead atoms. The van der Waals surface area contributed by atoms with Crippen LogP contribution in [0.2, 0.25) is 0 Å². The van der Waals surface area contributed by atoms with Crippen molar-refractivity contribution in [1.29, 1.82) is 5.41 Å². The second kappa shape index (κ2) is 4.62. The van der Waals surface area contributed by atoms with Gasteiger partial charge in [-0.15, -0.1) is 0 Å². The molecule has 0 aliphatic rings.